The van der Waals surface area contributed by atoms with Gasteiger partial charge in [0.1, 0.15) is 11.9 Å². The standard InChI is InChI=1S/C19H22N4O4S/c1-3-23-12-13(27-18-7-5-4-6-17(18)23)11-22(2)28(25,26)14-8-9-15-16(10-14)21-19(24)20-15/h4-10,13H,3,11-12H2,1-2H3,(H2,20,21,24)/t13-/m0/s1. The Kier molecular flexibility index (Phi) is 4.64. The summed E-state index contributed by atoms with van der Waals surface area (Å²) in [6.07, 6.45) is -0.287. The Labute approximate surface area is 162 Å². The van der Waals surface area contributed by atoms with E-state index in [0.29, 0.717) is 17.6 Å². The molecule has 2 heterocycles. The number of benzene rings is 2. The number of hydrogen-bond donors (Lipinski definition) is 2. The lowest BCUT2D eigenvalue weighted by Crippen LogP contribution is -2.46. The summed E-state index contributed by atoms with van der Waals surface area (Å²) in [6.45, 7) is 3.70. The minimum Gasteiger partial charge on any atom is -0.485 e. The normalized spacial score (nSPS) is 17.0. The third-order valence-electron chi connectivity index (χ3n) is 4.96. The lowest BCUT2D eigenvalue weighted by Gasteiger charge is -2.36. The Hall–Kier alpha value is -2.78. The molecule has 1 aromatic heterocycles. The van der Waals surface area contributed by atoms with Crippen LogP contribution in [0.15, 0.2) is 52.2 Å². The quantitative estimate of drug-likeness (QED) is 0.678. The minimum absolute atomic E-state index is 0.126. The molecule has 1 atom stereocenters. The van der Waals surface area contributed by atoms with Crippen LogP contribution in [0.2, 0.25) is 0 Å². The highest BCUT2D eigenvalue weighted by Gasteiger charge is 2.30. The molecular weight excluding hydrogens is 380 g/mol. The predicted molar refractivity (Wildman–Crippen MR) is 107 cm³/mol. The molecule has 0 amide bonds. The number of sulfonamides is 1. The molecule has 9 heteroatoms. The number of para-hydroxylation sites is 2. The summed E-state index contributed by atoms with van der Waals surface area (Å²) in [6, 6.07) is 12.3. The van der Waals surface area contributed by atoms with E-state index in [9.17, 15) is 13.2 Å². The van der Waals surface area contributed by atoms with Crippen molar-refractivity contribution in [2.75, 3.05) is 31.6 Å². The van der Waals surface area contributed by atoms with Gasteiger partial charge in [0.2, 0.25) is 10.0 Å². The van der Waals surface area contributed by atoms with E-state index in [1.807, 2.05) is 24.3 Å². The summed E-state index contributed by atoms with van der Waals surface area (Å²) >= 11 is 0. The van der Waals surface area contributed by atoms with E-state index in [2.05, 4.69) is 21.8 Å². The van der Waals surface area contributed by atoms with E-state index < -0.39 is 10.0 Å². The van der Waals surface area contributed by atoms with Gasteiger partial charge in [-0.1, -0.05) is 12.1 Å². The minimum atomic E-state index is -3.72. The zero-order chi connectivity index (χ0) is 19.9. The molecule has 3 aromatic rings. The van der Waals surface area contributed by atoms with Crippen LogP contribution in [0.1, 0.15) is 6.92 Å². The summed E-state index contributed by atoms with van der Waals surface area (Å²) in [7, 11) is -2.18. The van der Waals surface area contributed by atoms with Crippen molar-refractivity contribution in [3.05, 3.63) is 52.9 Å². The Bertz CT molecular complexity index is 1170. The molecule has 2 N–H and O–H groups in total. The summed E-state index contributed by atoms with van der Waals surface area (Å²) in [4.78, 5) is 18.9. The van der Waals surface area contributed by atoms with Crippen LogP contribution in [0.5, 0.6) is 5.75 Å². The number of aromatic nitrogens is 2. The number of nitrogens with zero attached hydrogens (tertiary/aromatic N) is 2. The number of likely N-dealkylation sites (N-methyl/N-ethyl adjacent to an activating group) is 2. The second-order valence-electron chi connectivity index (χ2n) is 6.82. The van der Waals surface area contributed by atoms with Crippen molar-refractivity contribution in [2.24, 2.45) is 0 Å². The molecule has 0 radical (unpaired) electrons. The summed E-state index contributed by atoms with van der Waals surface area (Å²) in [5.74, 6) is 0.762. The van der Waals surface area contributed by atoms with Crippen LogP contribution in [0, 0.1) is 0 Å². The molecule has 148 valence electrons. The van der Waals surface area contributed by atoms with E-state index in [4.69, 9.17) is 4.74 Å². The smallest absolute Gasteiger partial charge is 0.323 e. The number of fused-ring (bicyclic) bond motifs is 2. The van der Waals surface area contributed by atoms with Crippen molar-refractivity contribution < 1.29 is 13.2 Å². The molecule has 0 saturated carbocycles. The fourth-order valence-corrected chi connectivity index (χ4v) is 4.74. The lowest BCUT2D eigenvalue weighted by atomic mass is 10.2. The maximum Gasteiger partial charge on any atom is 0.323 e. The highest BCUT2D eigenvalue weighted by atomic mass is 32.2. The van der Waals surface area contributed by atoms with Crippen LogP contribution in [-0.4, -0.2) is 55.5 Å². The third-order valence-corrected chi connectivity index (χ3v) is 6.78. The maximum absolute atomic E-state index is 13.0. The van der Waals surface area contributed by atoms with Gasteiger partial charge in [-0.15, -0.1) is 0 Å². The van der Waals surface area contributed by atoms with Crippen LogP contribution in [0.25, 0.3) is 11.0 Å². The number of rotatable bonds is 5. The van der Waals surface area contributed by atoms with E-state index in [1.165, 1.54) is 16.4 Å². The first-order chi connectivity index (χ1) is 13.4. The van der Waals surface area contributed by atoms with Gasteiger partial charge in [-0.05, 0) is 37.3 Å². The van der Waals surface area contributed by atoms with Gasteiger partial charge >= 0.3 is 5.69 Å². The van der Waals surface area contributed by atoms with E-state index >= 15 is 0 Å². The number of aromatic amines is 2. The summed E-state index contributed by atoms with van der Waals surface area (Å²) < 4.78 is 33.4. The topological polar surface area (TPSA) is 98.5 Å². The second kappa shape index (κ2) is 6.99. The number of hydrogen-bond acceptors (Lipinski definition) is 5. The number of nitrogens with one attached hydrogen (secondary N) is 2. The van der Waals surface area contributed by atoms with Gasteiger partial charge in [0.25, 0.3) is 0 Å². The average Bonchev–Trinajstić information content (AvgIpc) is 3.06. The maximum atomic E-state index is 13.0. The Balaban J connectivity index is 1.56. The van der Waals surface area contributed by atoms with Gasteiger partial charge in [0, 0.05) is 13.6 Å². The van der Waals surface area contributed by atoms with Gasteiger partial charge in [-0.3, -0.25) is 0 Å². The van der Waals surface area contributed by atoms with E-state index in [0.717, 1.165) is 18.0 Å². The van der Waals surface area contributed by atoms with Crippen molar-refractivity contribution in [1.82, 2.24) is 14.3 Å². The zero-order valence-electron chi connectivity index (χ0n) is 15.7. The molecule has 0 saturated heterocycles. The second-order valence-corrected chi connectivity index (χ2v) is 8.86. The first-order valence-corrected chi connectivity index (χ1v) is 10.5. The van der Waals surface area contributed by atoms with Crippen molar-refractivity contribution >= 4 is 26.7 Å². The van der Waals surface area contributed by atoms with Crippen LogP contribution in [0.3, 0.4) is 0 Å². The molecule has 28 heavy (non-hydrogen) atoms. The van der Waals surface area contributed by atoms with Crippen molar-refractivity contribution in [3.63, 3.8) is 0 Å². The fraction of sp³-hybridized carbons (Fsp3) is 0.316. The summed E-state index contributed by atoms with van der Waals surface area (Å²) in [5.41, 5.74) is 1.68. The monoisotopic (exact) mass is 402 g/mol. The van der Waals surface area contributed by atoms with Crippen molar-refractivity contribution in [3.8, 4) is 5.75 Å². The molecule has 0 spiro atoms. The molecule has 0 fully saturated rings. The van der Waals surface area contributed by atoms with Gasteiger partial charge in [-0.2, -0.15) is 4.31 Å². The first-order valence-electron chi connectivity index (χ1n) is 9.07. The number of ether oxygens (including phenoxy) is 1. The molecule has 0 bridgehead atoms. The number of anilines is 1. The number of imidazole rings is 1. The first kappa shape index (κ1) is 18.6. The number of H-pyrrole nitrogens is 2. The zero-order valence-corrected chi connectivity index (χ0v) is 16.5. The van der Waals surface area contributed by atoms with Gasteiger partial charge in [0.15, 0.2) is 0 Å². The molecule has 0 aliphatic carbocycles. The van der Waals surface area contributed by atoms with Gasteiger partial charge in [0.05, 0.1) is 34.7 Å². The van der Waals surface area contributed by atoms with Gasteiger partial charge in [-0.25, -0.2) is 13.2 Å². The molecule has 1 aliphatic heterocycles. The fourth-order valence-electron chi connectivity index (χ4n) is 3.51. The van der Waals surface area contributed by atoms with E-state index in [1.54, 1.807) is 13.1 Å². The SMILES string of the molecule is CCN1C[C@H](CN(C)S(=O)(=O)c2ccc3[nH]c(=O)[nH]c3c2)Oc2ccccc21. The van der Waals surface area contributed by atoms with Crippen LogP contribution < -0.4 is 15.3 Å². The summed E-state index contributed by atoms with van der Waals surface area (Å²) in [5, 5.41) is 0. The van der Waals surface area contributed by atoms with Crippen LogP contribution in [-0.2, 0) is 10.0 Å². The highest BCUT2D eigenvalue weighted by molar-refractivity contribution is 7.89. The molecule has 4 rings (SSSR count). The lowest BCUT2D eigenvalue weighted by molar-refractivity contribution is 0.171. The molecular formula is C19H22N4O4S. The van der Waals surface area contributed by atoms with Gasteiger partial charge < -0.3 is 19.6 Å². The largest absolute Gasteiger partial charge is 0.485 e. The Morgan fingerprint density at radius 1 is 1.18 bits per heavy atom. The van der Waals surface area contributed by atoms with Crippen molar-refractivity contribution in [1.29, 1.82) is 0 Å². The van der Waals surface area contributed by atoms with Crippen molar-refractivity contribution in [2.45, 2.75) is 17.9 Å². The average molecular weight is 402 g/mol. The third kappa shape index (κ3) is 3.27. The molecule has 8 nitrogen and oxygen atoms in total. The van der Waals surface area contributed by atoms with E-state index in [-0.39, 0.29) is 23.2 Å². The Morgan fingerprint density at radius 3 is 2.71 bits per heavy atom. The molecule has 1 aliphatic rings. The molecule has 0 unspecified atom stereocenters. The molecule has 2 aromatic carbocycles. The van der Waals surface area contributed by atoms with Crippen LogP contribution in [0.4, 0.5) is 5.69 Å². The van der Waals surface area contributed by atoms with Crippen LogP contribution >= 0.6 is 0 Å². The predicted octanol–water partition coefficient (Wildman–Crippen LogP) is 1.76. The highest BCUT2D eigenvalue weighted by Crippen LogP contribution is 2.33. The Morgan fingerprint density at radius 2 is 1.93 bits per heavy atom.